The number of carbonyl (C=O) groups excluding carboxylic acids is 2. The molecule has 0 atom stereocenters. The van der Waals surface area contributed by atoms with E-state index in [0.29, 0.717) is 11.8 Å². The number of carbonyl (C=O) groups is 2. The van der Waals surface area contributed by atoms with Crippen LogP contribution in [0.3, 0.4) is 0 Å². The standard InChI is InChI=1S/C15H9BrF2N2O2/c16-10-6-4-9(5-7-10)15(22)20-19-8-13(21)14-11(17)2-1-3-12(14)18/h1-8H,(H,20,22). The molecule has 0 unspecified atom stereocenters. The van der Waals surface area contributed by atoms with Gasteiger partial charge in [0.1, 0.15) is 11.6 Å². The second-order valence-corrected chi connectivity index (χ2v) is 5.08. The number of benzene rings is 2. The molecule has 0 aliphatic carbocycles. The van der Waals surface area contributed by atoms with E-state index in [2.05, 4.69) is 26.5 Å². The molecule has 1 N–H and O–H groups in total. The first-order valence-electron chi connectivity index (χ1n) is 6.06. The summed E-state index contributed by atoms with van der Waals surface area (Å²) in [4.78, 5) is 23.4. The van der Waals surface area contributed by atoms with Gasteiger partial charge in [-0.25, -0.2) is 14.2 Å². The molecule has 112 valence electrons. The molecule has 0 spiro atoms. The van der Waals surface area contributed by atoms with Crippen LogP contribution in [0.2, 0.25) is 0 Å². The van der Waals surface area contributed by atoms with Crippen molar-refractivity contribution in [3.05, 3.63) is 69.7 Å². The van der Waals surface area contributed by atoms with Crippen molar-refractivity contribution >= 4 is 33.8 Å². The van der Waals surface area contributed by atoms with Crippen LogP contribution in [0.25, 0.3) is 0 Å². The summed E-state index contributed by atoms with van der Waals surface area (Å²) in [5, 5.41) is 3.41. The number of halogens is 3. The highest BCUT2D eigenvalue weighted by molar-refractivity contribution is 9.10. The lowest BCUT2D eigenvalue weighted by Crippen LogP contribution is -2.19. The Bertz CT molecular complexity index is 725. The number of nitrogens with one attached hydrogen (secondary N) is 1. The molecule has 1 amide bonds. The van der Waals surface area contributed by atoms with Crippen LogP contribution in [0.15, 0.2) is 52.0 Å². The molecule has 7 heteroatoms. The molecule has 0 aromatic heterocycles. The first kappa shape index (κ1) is 16.0. The van der Waals surface area contributed by atoms with Crippen LogP contribution in [0.4, 0.5) is 8.78 Å². The number of hydrazone groups is 1. The van der Waals surface area contributed by atoms with Gasteiger partial charge in [-0.1, -0.05) is 22.0 Å². The molecule has 2 rings (SSSR count). The Labute approximate surface area is 133 Å². The van der Waals surface area contributed by atoms with E-state index in [0.717, 1.165) is 22.7 Å². The van der Waals surface area contributed by atoms with Gasteiger partial charge in [-0.3, -0.25) is 9.59 Å². The topological polar surface area (TPSA) is 58.5 Å². The van der Waals surface area contributed by atoms with E-state index in [4.69, 9.17) is 0 Å². The fourth-order valence-corrected chi connectivity index (χ4v) is 1.88. The monoisotopic (exact) mass is 366 g/mol. The van der Waals surface area contributed by atoms with Crippen molar-refractivity contribution < 1.29 is 18.4 Å². The predicted molar refractivity (Wildman–Crippen MR) is 80.8 cm³/mol. The Hall–Kier alpha value is -2.41. The van der Waals surface area contributed by atoms with Crippen molar-refractivity contribution in [1.29, 1.82) is 0 Å². The quantitative estimate of drug-likeness (QED) is 0.512. The fourth-order valence-electron chi connectivity index (χ4n) is 1.61. The molecule has 0 radical (unpaired) electrons. The molecule has 4 nitrogen and oxygen atoms in total. The van der Waals surface area contributed by atoms with Crippen molar-refractivity contribution in [1.82, 2.24) is 5.43 Å². The third-order valence-electron chi connectivity index (χ3n) is 2.66. The van der Waals surface area contributed by atoms with Gasteiger partial charge in [-0.2, -0.15) is 5.10 Å². The average Bonchev–Trinajstić information content (AvgIpc) is 2.47. The summed E-state index contributed by atoms with van der Waals surface area (Å²) in [6.07, 6.45) is 0.651. The van der Waals surface area contributed by atoms with Crippen LogP contribution >= 0.6 is 15.9 Å². The Balaban J connectivity index is 2.05. The summed E-state index contributed by atoms with van der Waals surface area (Å²) in [6.45, 7) is 0. The van der Waals surface area contributed by atoms with Crippen molar-refractivity contribution in [3.8, 4) is 0 Å². The van der Waals surface area contributed by atoms with Gasteiger partial charge in [0.15, 0.2) is 0 Å². The Morgan fingerprint density at radius 3 is 2.23 bits per heavy atom. The molecule has 2 aromatic carbocycles. The van der Waals surface area contributed by atoms with Crippen LogP contribution in [0.1, 0.15) is 20.7 Å². The van der Waals surface area contributed by atoms with Gasteiger partial charge in [-0.05, 0) is 36.4 Å². The Morgan fingerprint density at radius 2 is 1.64 bits per heavy atom. The molecule has 0 aliphatic heterocycles. The minimum Gasteiger partial charge on any atom is -0.287 e. The zero-order valence-corrected chi connectivity index (χ0v) is 12.6. The fraction of sp³-hybridized carbons (Fsp3) is 0. The van der Waals surface area contributed by atoms with Crippen LogP contribution in [0, 0.1) is 11.6 Å². The average molecular weight is 367 g/mol. The largest absolute Gasteiger partial charge is 0.287 e. The van der Waals surface area contributed by atoms with Gasteiger partial charge in [0.25, 0.3) is 5.91 Å². The van der Waals surface area contributed by atoms with Crippen LogP contribution in [-0.4, -0.2) is 17.9 Å². The van der Waals surface area contributed by atoms with Crippen LogP contribution < -0.4 is 5.43 Å². The number of Topliss-reactive ketones (excluding diaryl/α,β-unsaturated/α-hetero) is 1. The van der Waals surface area contributed by atoms with E-state index < -0.39 is 28.9 Å². The maximum absolute atomic E-state index is 13.4. The summed E-state index contributed by atoms with van der Waals surface area (Å²) in [5.74, 6) is -3.51. The SMILES string of the molecule is O=C(NN=CC(=O)c1c(F)cccc1F)c1ccc(Br)cc1. The van der Waals surface area contributed by atoms with Crippen LogP contribution in [-0.2, 0) is 0 Å². The number of amides is 1. The lowest BCUT2D eigenvalue weighted by molar-refractivity contribution is 0.0955. The molecule has 2 aromatic rings. The van der Waals surface area contributed by atoms with Gasteiger partial charge in [0.2, 0.25) is 5.78 Å². The first-order chi connectivity index (χ1) is 10.5. The smallest absolute Gasteiger partial charge is 0.271 e. The van der Waals surface area contributed by atoms with E-state index in [9.17, 15) is 18.4 Å². The molecule has 0 bridgehead atoms. The number of rotatable bonds is 4. The molecular formula is C15H9BrF2N2O2. The zero-order valence-electron chi connectivity index (χ0n) is 11.0. The Kier molecular flexibility index (Phi) is 5.11. The van der Waals surface area contributed by atoms with Crippen molar-refractivity contribution in [2.75, 3.05) is 0 Å². The Morgan fingerprint density at radius 1 is 1.05 bits per heavy atom. The van der Waals surface area contributed by atoms with E-state index in [1.54, 1.807) is 24.3 Å². The third kappa shape index (κ3) is 3.82. The molecule has 0 saturated heterocycles. The van der Waals surface area contributed by atoms with E-state index in [-0.39, 0.29) is 0 Å². The number of hydrogen-bond acceptors (Lipinski definition) is 3. The highest BCUT2D eigenvalue weighted by Crippen LogP contribution is 2.12. The van der Waals surface area contributed by atoms with E-state index in [1.165, 1.54) is 0 Å². The molecule has 0 fully saturated rings. The summed E-state index contributed by atoms with van der Waals surface area (Å²) in [6, 6.07) is 9.50. The molecule has 0 aliphatic rings. The zero-order chi connectivity index (χ0) is 16.1. The minimum absolute atomic E-state index is 0.324. The molecule has 0 saturated carbocycles. The lowest BCUT2D eigenvalue weighted by atomic mass is 10.1. The highest BCUT2D eigenvalue weighted by atomic mass is 79.9. The number of hydrogen-bond donors (Lipinski definition) is 1. The normalized spacial score (nSPS) is 10.7. The summed E-state index contributed by atoms with van der Waals surface area (Å²) in [7, 11) is 0. The molecular weight excluding hydrogens is 358 g/mol. The van der Waals surface area contributed by atoms with Gasteiger partial charge < -0.3 is 0 Å². The second kappa shape index (κ2) is 7.04. The van der Waals surface area contributed by atoms with Crippen molar-refractivity contribution in [3.63, 3.8) is 0 Å². The lowest BCUT2D eigenvalue weighted by Gasteiger charge is -2.01. The van der Waals surface area contributed by atoms with Gasteiger partial charge in [-0.15, -0.1) is 0 Å². The molecule has 22 heavy (non-hydrogen) atoms. The van der Waals surface area contributed by atoms with Gasteiger partial charge in [0.05, 0.1) is 11.8 Å². The highest BCUT2D eigenvalue weighted by Gasteiger charge is 2.15. The van der Waals surface area contributed by atoms with Crippen LogP contribution in [0.5, 0.6) is 0 Å². The predicted octanol–water partition coefficient (Wildman–Crippen LogP) is 3.33. The van der Waals surface area contributed by atoms with E-state index in [1.807, 2.05) is 0 Å². The number of ketones is 1. The van der Waals surface area contributed by atoms with E-state index >= 15 is 0 Å². The number of nitrogens with zero attached hydrogens (tertiary/aromatic N) is 1. The van der Waals surface area contributed by atoms with Crippen molar-refractivity contribution in [2.24, 2.45) is 5.10 Å². The summed E-state index contributed by atoms with van der Waals surface area (Å²) in [5.41, 5.74) is 1.71. The summed E-state index contributed by atoms with van der Waals surface area (Å²) < 4.78 is 27.6. The maximum atomic E-state index is 13.4. The van der Waals surface area contributed by atoms with Crippen molar-refractivity contribution in [2.45, 2.75) is 0 Å². The van der Waals surface area contributed by atoms with Gasteiger partial charge in [0, 0.05) is 10.0 Å². The minimum atomic E-state index is -0.990. The summed E-state index contributed by atoms with van der Waals surface area (Å²) >= 11 is 3.23. The molecule has 0 heterocycles. The second-order valence-electron chi connectivity index (χ2n) is 4.17. The first-order valence-corrected chi connectivity index (χ1v) is 6.85. The van der Waals surface area contributed by atoms with Gasteiger partial charge >= 0.3 is 0 Å². The maximum Gasteiger partial charge on any atom is 0.271 e. The third-order valence-corrected chi connectivity index (χ3v) is 3.19.